The number of carbonyl (C=O) groups excluding carboxylic acids is 2. The monoisotopic (exact) mass is 332 g/mol. The number of primary amides is 1. The summed E-state index contributed by atoms with van der Waals surface area (Å²) in [7, 11) is 3.62. The minimum Gasteiger partial charge on any atom is -0.496 e. The van der Waals surface area contributed by atoms with E-state index in [0.717, 1.165) is 25.9 Å². The van der Waals surface area contributed by atoms with Crippen molar-refractivity contribution in [2.24, 2.45) is 5.73 Å². The molecule has 1 aromatic carbocycles. The Balaban J connectivity index is 1.71. The first-order valence-corrected chi connectivity index (χ1v) is 8.25. The number of methoxy groups -OCH3 is 1. The molecule has 3 N–H and O–H groups in total. The summed E-state index contributed by atoms with van der Waals surface area (Å²) in [6.45, 7) is 1.48. The average Bonchev–Trinajstić information content (AvgIpc) is 2.79. The topological polar surface area (TPSA) is 87.9 Å². The summed E-state index contributed by atoms with van der Waals surface area (Å²) in [6, 6.07) is 5.76. The Morgan fingerprint density at radius 1 is 1.25 bits per heavy atom. The molecule has 2 fully saturated rings. The normalized spacial score (nSPS) is 23.7. The molecule has 7 heteroatoms. The number of urea groups is 1. The van der Waals surface area contributed by atoms with Crippen LogP contribution < -0.4 is 15.8 Å². The molecule has 2 bridgehead atoms. The van der Waals surface area contributed by atoms with Gasteiger partial charge in [0.15, 0.2) is 0 Å². The first-order chi connectivity index (χ1) is 11.5. The van der Waals surface area contributed by atoms with Gasteiger partial charge in [-0.1, -0.05) is 0 Å². The van der Waals surface area contributed by atoms with E-state index in [1.165, 1.54) is 13.5 Å². The second kappa shape index (κ2) is 6.68. The van der Waals surface area contributed by atoms with Gasteiger partial charge in [-0.3, -0.25) is 9.69 Å². The van der Waals surface area contributed by atoms with Crippen LogP contribution in [0, 0.1) is 0 Å². The van der Waals surface area contributed by atoms with E-state index in [1.54, 1.807) is 18.2 Å². The summed E-state index contributed by atoms with van der Waals surface area (Å²) < 4.78 is 5.12. The van der Waals surface area contributed by atoms with Crippen LogP contribution in [0.15, 0.2) is 18.2 Å². The molecule has 2 heterocycles. The second-order valence-corrected chi connectivity index (χ2v) is 6.49. The number of amides is 3. The molecule has 0 spiro atoms. The number of rotatable bonds is 3. The van der Waals surface area contributed by atoms with Crippen molar-refractivity contribution in [1.29, 1.82) is 0 Å². The van der Waals surface area contributed by atoms with Crippen molar-refractivity contribution in [3.8, 4) is 5.75 Å². The maximum atomic E-state index is 12.6. The number of fused-ring (bicyclic) bond motifs is 2. The minimum atomic E-state index is -0.586. The van der Waals surface area contributed by atoms with Gasteiger partial charge >= 0.3 is 6.03 Å². The van der Waals surface area contributed by atoms with Crippen LogP contribution in [0.2, 0.25) is 0 Å². The van der Waals surface area contributed by atoms with Crippen LogP contribution in [0.4, 0.5) is 10.5 Å². The Morgan fingerprint density at radius 2 is 2.00 bits per heavy atom. The zero-order valence-electron chi connectivity index (χ0n) is 14.1. The summed E-state index contributed by atoms with van der Waals surface area (Å²) in [6.07, 6.45) is 3.35. The number of likely N-dealkylation sites (N-methyl/N-ethyl adjacent to an activating group) is 1. The van der Waals surface area contributed by atoms with E-state index in [4.69, 9.17) is 10.5 Å². The van der Waals surface area contributed by atoms with Crippen molar-refractivity contribution in [2.75, 3.05) is 32.6 Å². The first kappa shape index (κ1) is 16.6. The van der Waals surface area contributed by atoms with Crippen molar-refractivity contribution < 1.29 is 14.3 Å². The minimum absolute atomic E-state index is 0.142. The summed E-state index contributed by atoms with van der Waals surface area (Å²) in [5.41, 5.74) is 6.16. The molecule has 130 valence electrons. The van der Waals surface area contributed by atoms with E-state index >= 15 is 0 Å². The smallest absolute Gasteiger partial charge is 0.321 e. The third-order valence-corrected chi connectivity index (χ3v) is 5.15. The molecule has 0 radical (unpaired) electrons. The Morgan fingerprint density at radius 3 is 2.71 bits per heavy atom. The summed E-state index contributed by atoms with van der Waals surface area (Å²) >= 11 is 0. The molecule has 2 aliphatic heterocycles. The number of anilines is 1. The molecular formula is C17H24N4O3. The molecule has 2 atom stereocenters. The standard InChI is InChI=1S/C17H24N4O3/c1-20-12-4-5-13(20)10-21(8-7-12)17(23)19-11-3-6-15(24-2)14(9-11)16(18)22/h3,6,9,12-13H,4-5,7-8,10H2,1-2H3,(H2,18,22)(H,19,23)/t12-,13+/m0/s1. The molecule has 0 aromatic heterocycles. The lowest BCUT2D eigenvalue weighted by Crippen LogP contribution is -2.41. The molecule has 0 saturated carbocycles. The van der Waals surface area contributed by atoms with E-state index in [1.807, 2.05) is 4.90 Å². The molecule has 2 saturated heterocycles. The molecule has 7 nitrogen and oxygen atoms in total. The SMILES string of the molecule is COc1ccc(NC(=O)N2CC[C@@H]3CC[C@H](C2)N3C)cc1C(N)=O. The number of nitrogens with two attached hydrogens (primary N) is 1. The Labute approximate surface area is 141 Å². The second-order valence-electron chi connectivity index (χ2n) is 6.49. The zero-order chi connectivity index (χ0) is 17.3. The highest BCUT2D eigenvalue weighted by molar-refractivity contribution is 5.98. The van der Waals surface area contributed by atoms with E-state index in [9.17, 15) is 9.59 Å². The summed E-state index contributed by atoms with van der Waals surface area (Å²) in [4.78, 5) is 28.3. The molecule has 24 heavy (non-hydrogen) atoms. The van der Waals surface area contributed by atoms with Crippen molar-refractivity contribution in [3.63, 3.8) is 0 Å². The highest BCUT2D eigenvalue weighted by atomic mass is 16.5. The van der Waals surface area contributed by atoms with Crippen LogP contribution >= 0.6 is 0 Å². The van der Waals surface area contributed by atoms with Gasteiger partial charge in [0, 0.05) is 30.9 Å². The third-order valence-electron chi connectivity index (χ3n) is 5.15. The number of likely N-dealkylation sites (tertiary alicyclic amines) is 1. The van der Waals surface area contributed by atoms with Gasteiger partial charge in [-0.05, 0) is 44.5 Å². The van der Waals surface area contributed by atoms with Gasteiger partial charge in [0.05, 0.1) is 12.7 Å². The summed E-state index contributed by atoms with van der Waals surface area (Å²) in [5, 5.41) is 2.87. The lowest BCUT2D eigenvalue weighted by molar-refractivity contribution is 0.0997. The van der Waals surface area contributed by atoms with Crippen LogP contribution in [0.3, 0.4) is 0 Å². The highest BCUT2D eigenvalue weighted by Crippen LogP contribution is 2.29. The van der Waals surface area contributed by atoms with Crippen LogP contribution in [-0.2, 0) is 0 Å². The quantitative estimate of drug-likeness (QED) is 0.878. The van der Waals surface area contributed by atoms with E-state index in [-0.39, 0.29) is 11.6 Å². The van der Waals surface area contributed by atoms with E-state index < -0.39 is 5.91 Å². The van der Waals surface area contributed by atoms with Crippen molar-refractivity contribution in [1.82, 2.24) is 9.80 Å². The Hall–Kier alpha value is -2.28. The Bertz CT molecular complexity index is 649. The fourth-order valence-electron chi connectivity index (χ4n) is 3.67. The number of benzene rings is 1. The van der Waals surface area contributed by atoms with Gasteiger partial charge in [-0.15, -0.1) is 0 Å². The lowest BCUT2D eigenvalue weighted by Gasteiger charge is -2.26. The van der Waals surface area contributed by atoms with Crippen molar-refractivity contribution in [3.05, 3.63) is 23.8 Å². The van der Waals surface area contributed by atoms with E-state index in [0.29, 0.717) is 23.5 Å². The summed E-state index contributed by atoms with van der Waals surface area (Å²) in [5.74, 6) is -0.189. The number of ether oxygens (including phenoxy) is 1. The molecular weight excluding hydrogens is 308 g/mol. The van der Waals surface area contributed by atoms with Crippen molar-refractivity contribution in [2.45, 2.75) is 31.3 Å². The van der Waals surface area contributed by atoms with Gasteiger partial charge in [0.25, 0.3) is 5.91 Å². The van der Waals surface area contributed by atoms with Crippen molar-refractivity contribution >= 4 is 17.6 Å². The number of hydrogen-bond acceptors (Lipinski definition) is 4. The lowest BCUT2D eigenvalue weighted by atomic mass is 10.1. The van der Waals surface area contributed by atoms with Gasteiger partial charge in [0.2, 0.25) is 0 Å². The van der Waals surface area contributed by atoms with Gasteiger partial charge in [0.1, 0.15) is 5.75 Å². The molecule has 3 amide bonds. The number of nitrogens with zero attached hydrogens (tertiary/aromatic N) is 2. The number of hydrogen-bond donors (Lipinski definition) is 2. The maximum Gasteiger partial charge on any atom is 0.321 e. The molecule has 1 aromatic rings. The molecule has 2 aliphatic rings. The van der Waals surface area contributed by atoms with Crippen LogP contribution in [0.25, 0.3) is 0 Å². The van der Waals surface area contributed by atoms with Gasteiger partial charge in [-0.25, -0.2) is 4.79 Å². The predicted octanol–water partition coefficient (Wildman–Crippen LogP) is 1.49. The van der Waals surface area contributed by atoms with Crippen LogP contribution in [0.5, 0.6) is 5.75 Å². The first-order valence-electron chi connectivity index (χ1n) is 8.25. The molecule has 3 rings (SSSR count). The van der Waals surface area contributed by atoms with Crippen LogP contribution in [0.1, 0.15) is 29.6 Å². The zero-order valence-corrected chi connectivity index (χ0v) is 14.1. The molecule has 0 aliphatic carbocycles. The van der Waals surface area contributed by atoms with E-state index in [2.05, 4.69) is 17.3 Å². The molecule has 0 unspecified atom stereocenters. The van der Waals surface area contributed by atoms with Gasteiger partial charge in [-0.2, -0.15) is 0 Å². The maximum absolute atomic E-state index is 12.6. The number of carbonyl (C=O) groups is 2. The third kappa shape index (κ3) is 3.17. The van der Waals surface area contributed by atoms with Gasteiger partial charge < -0.3 is 20.7 Å². The highest BCUT2D eigenvalue weighted by Gasteiger charge is 2.36. The fraction of sp³-hybridized carbons (Fsp3) is 0.529. The number of nitrogens with one attached hydrogen (secondary N) is 1. The average molecular weight is 332 g/mol. The Kier molecular flexibility index (Phi) is 4.62. The fourth-order valence-corrected chi connectivity index (χ4v) is 3.67. The predicted molar refractivity (Wildman–Crippen MR) is 91.3 cm³/mol. The van der Waals surface area contributed by atoms with Crippen LogP contribution in [-0.4, -0.2) is 61.1 Å². The largest absolute Gasteiger partial charge is 0.496 e.